The van der Waals surface area contributed by atoms with E-state index in [1.807, 2.05) is 31.2 Å². The molecule has 0 aliphatic heterocycles. The van der Waals surface area contributed by atoms with E-state index in [0.29, 0.717) is 23.1 Å². The summed E-state index contributed by atoms with van der Waals surface area (Å²) in [5.41, 5.74) is 1.05. The number of amides is 1. The highest BCUT2D eigenvalue weighted by Gasteiger charge is 2.23. The van der Waals surface area contributed by atoms with Crippen molar-refractivity contribution in [3.05, 3.63) is 59.1 Å². The molecule has 0 radical (unpaired) electrons. The van der Waals surface area contributed by atoms with Crippen molar-refractivity contribution in [3.8, 4) is 11.5 Å². The number of halogens is 1. The molecule has 0 aliphatic rings. The van der Waals surface area contributed by atoms with Gasteiger partial charge < -0.3 is 14.8 Å². The maximum atomic E-state index is 12.8. The first-order valence-electron chi connectivity index (χ1n) is 9.29. The monoisotopic (exact) mass is 389 g/mol. The van der Waals surface area contributed by atoms with E-state index in [1.165, 1.54) is 0 Å². The molecular formula is C22H28ClNO3. The molecule has 1 N–H and O–H groups in total. The number of hydrogen-bond acceptors (Lipinski definition) is 3. The quantitative estimate of drug-likeness (QED) is 0.623. The van der Waals surface area contributed by atoms with E-state index >= 15 is 0 Å². The van der Waals surface area contributed by atoms with Crippen LogP contribution in [0.1, 0.15) is 45.2 Å². The van der Waals surface area contributed by atoms with Crippen LogP contribution in [-0.2, 0) is 4.79 Å². The molecule has 0 spiro atoms. The molecule has 2 rings (SSSR count). The van der Waals surface area contributed by atoms with E-state index < -0.39 is 6.10 Å². The second-order valence-corrected chi connectivity index (χ2v) is 7.37. The lowest BCUT2D eigenvalue weighted by Gasteiger charge is -2.24. The topological polar surface area (TPSA) is 47.6 Å². The van der Waals surface area contributed by atoms with Crippen LogP contribution in [0, 0.1) is 5.92 Å². The van der Waals surface area contributed by atoms with Gasteiger partial charge in [-0.1, -0.05) is 44.5 Å². The van der Waals surface area contributed by atoms with Crippen molar-refractivity contribution >= 4 is 17.5 Å². The van der Waals surface area contributed by atoms with Gasteiger partial charge in [-0.2, -0.15) is 0 Å². The van der Waals surface area contributed by atoms with Crippen molar-refractivity contribution in [1.82, 2.24) is 5.32 Å². The smallest absolute Gasteiger partial charge is 0.261 e. The molecule has 0 fully saturated rings. The minimum Gasteiger partial charge on any atom is -0.497 e. The Kier molecular flexibility index (Phi) is 7.99. The summed E-state index contributed by atoms with van der Waals surface area (Å²) >= 11 is 5.91. The second-order valence-electron chi connectivity index (χ2n) is 6.93. The molecule has 5 heteroatoms. The number of benzene rings is 2. The van der Waals surface area contributed by atoms with Crippen LogP contribution in [-0.4, -0.2) is 19.1 Å². The molecule has 2 atom stereocenters. The number of ether oxygens (including phenoxy) is 2. The Morgan fingerprint density at radius 3 is 2.15 bits per heavy atom. The van der Waals surface area contributed by atoms with Gasteiger partial charge in [-0.15, -0.1) is 0 Å². The van der Waals surface area contributed by atoms with Gasteiger partial charge in [0.15, 0.2) is 6.10 Å². The molecule has 2 aromatic carbocycles. The maximum absolute atomic E-state index is 12.8. The van der Waals surface area contributed by atoms with Crippen LogP contribution in [0.2, 0.25) is 5.02 Å². The zero-order valence-corrected chi connectivity index (χ0v) is 17.1. The van der Waals surface area contributed by atoms with E-state index in [4.69, 9.17) is 21.1 Å². The highest BCUT2D eigenvalue weighted by Crippen LogP contribution is 2.24. The van der Waals surface area contributed by atoms with E-state index in [-0.39, 0.29) is 11.9 Å². The number of nitrogens with one attached hydrogen (secondary N) is 1. The van der Waals surface area contributed by atoms with E-state index in [0.717, 1.165) is 17.7 Å². The third kappa shape index (κ3) is 6.47. The van der Waals surface area contributed by atoms with Crippen LogP contribution >= 0.6 is 11.6 Å². The Morgan fingerprint density at radius 2 is 1.63 bits per heavy atom. The van der Waals surface area contributed by atoms with Gasteiger partial charge in [0.1, 0.15) is 11.5 Å². The van der Waals surface area contributed by atoms with Gasteiger partial charge in [0.05, 0.1) is 13.2 Å². The Labute approximate surface area is 166 Å². The zero-order chi connectivity index (χ0) is 19.8. The fourth-order valence-electron chi connectivity index (χ4n) is 2.85. The van der Waals surface area contributed by atoms with Crippen LogP contribution in [0.25, 0.3) is 0 Å². The third-order valence-corrected chi connectivity index (χ3v) is 4.55. The minimum absolute atomic E-state index is 0.0775. The van der Waals surface area contributed by atoms with Crippen molar-refractivity contribution in [3.63, 3.8) is 0 Å². The van der Waals surface area contributed by atoms with Crippen molar-refractivity contribution in [1.29, 1.82) is 0 Å². The number of hydrogen-bond donors (Lipinski definition) is 1. The molecule has 0 heterocycles. The minimum atomic E-state index is -0.556. The first kappa shape index (κ1) is 21.1. The van der Waals surface area contributed by atoms with Crippen LogP contribution in [0.5, 0.6) is 11.5 Å². The largest absolute Gasteiger partial charge is 0.497 e. The summed E-state index contributed by atoms with van der Waals surface area (Å²) in [6.07, 6.45) is 0.861. The molecular weight excluding hydrogens is 362 g/mol. The predicted molar refractivity (Wildman–Crippen MR) is 109 cm³/mol. The second kappa shape index (κ2) is 10.2. The van der Waals surface area contributed by atoms with Crippen LogP contribution < -0.4 is 14.8 Å². The number of methoxy groups -OCH3 is 1. The Hall–Kier alpha value is -2.20. The first-order chi connectivity index (χ1) is 12.9. The highest BCUT2D eigenvalue weighted by molar-refractivity contribution is 6.30. The van der Waals surface area contributed by atoms with E-state index in [2.05, 4.69) is 19.2 Å². The van der Waals surface area contributed by atoms with Crippen molar-refractivity contribution in [2.75, 3.05) is 7.11 Å². The fourth-order valence-corrected chi connectivity index (χ4v) is 2.98. The molecule has 0 aliphatic carbocycles. The Morgan fingerprint density at radius 1 is 1.04 bits per heavy atom. The first-order valence-corrected chi connectivity index (χ1v) is 9.67. The van der Waals surface area contributed by atoms with Gasteiger partial charge in [-0.05, 0) is 60.7 Å². The standard InChI is InChI=1S/C22H28ClNO3/c1-5-21(27-19-12-8-17(23)9-13-19)22(25)24-20(14-15(2)3)16-6-10-18(26-4)11-7-16/h6-13,15,20-21H,5,14H2,1-4H3,(H,24,25)/t20-,21+/m1/s1. The number of carbonyl (C=O) groups excluding carboxylic acids is 1. The summed E-state index contributed by atoms with van der Waals surface area (Å²) in [5, 5.41) is 3.79. The van der Waals surface area contributed by atoms with Gasteiger partial charge in [-0.3, -0.25) is 4.79 Å². The molecule has 27 heavy (non-hydrogen) atoms. The summed E-state index contributed by atoms with van der Waals surface area (Å²) in [7, 11) is 1.64. The Bertz CT molecular complexity index is 713. The van der Waals surface area contributed by atoms with Crippen molar-refractivity contribution in [2.24, 2.45) is 5.92 Å². The van der Waals surface area contributed by atoms with Gasteiger partial charge >= 0.3 is 0 Å². The summed E-state index contributed by atoms with van der Waals surface area (Å²) in [4.78, 5) is 12.8. The lowest BCUT2D eigenvalue weighted by atomic mass is 9.96. The molecule has 2 aromatic rings. The summed E-state index contributed by atoms with van der Waals surface area (Å²) in [6.45, 7) is 6.22. The predicted octanol–water partition coefficient (Wildman–Crippen LogP) is 5.41. The lowest BCUT2D eigenvalue weighted by molar-refractivity contribution is -0.129. The lowest BCUT2D eigenvalue weighted by Crippen LogP contribution is -2.40. The molecule has 146 valence electrons. The molecule has 0 bridgehead atoms. The van der Waals surface area contributed by atoms with Crippen molar-refractivity contribution < 1.29 is 14.3 Å². The van der Waals surface area contributed by atoms with E-state index in [9.17, 15) is 4.79 Å². The molecule has 1 amide bonds. The number of rotatable bonds is 9. The van der Waals surface area contributed by atoms with Crippen LogP contribution in [0.15, 0.2) is 48.5 Å². The van der Waals surface area contributed by atoms with Gasteiger partial charge in [0.25, 0.3) is 5.91 Å². The fraction of sp³-hybridized carbons (Fsp3) is 0.409. The normalized spacial score (nSPS) is 13.1. The molecule has 0 saturated carbocycles. The highest BCUT2D eigenvalue weighted by atomic mass is 35.5. The SMILES string of the molecule is CC[C@H](Oc1ccc(Cl)cc1)C(=O)N[C@H](CC(C)C)c1ccc(OC)cc1. The van der Waals surface area contributed by atoms with Gasteiger partial charge in [0, 0.05) is 5.02 Å². The molecule has 0 aromatic heterocycles. The molecule has 0 saturated heterocycles. The summed E-state index contributed by atoms with van der Waals surface area (Å²) < 4.78 is 11.1. The average Bonchev–Trinajstić information content (AvgIpc) is 2.66. The van der Waals surface area contributed by atoms with Gasteiger partial charge in [0.2, 0.25) is 0 Å². The molecule has 0 unspecified atom stereocenters. The zero-order valence-electron chi connectivity index (χ0n) is 16.4. The maximum Gasteiger partial charge on any atom is 0.261 e. The van der Waals surface area contributed by atoms with Gasteiger partial charge in [-0.25, -0.2) is 0 Å². The average molecular weight is 390 g/mol. The Balaban J connectivity index is 2.10. The van der Waals surface area contributed by atoms with Crippen LogP contribution in [0.3, 0.4) is 0 Å². The van der Waals surface area contributed by atoms with Crippen molar-refractivity contribution in [2.45, 2.75) is 45.8 Å². The van der Waals surface area contributed by atoms with E-state index in [1.54, 1.807) is 31.4 Å². The summed E-state index contributed by atoms with van der Waals surface area (Å²) in [6, 6.07) is 14.8. The summed E-state index contributed by atoms with van der Waals surface area (Å²) in [5.74, 6) is 1.75. The van der Waals surface area contributed by atoms with Crippen LogP contribution in [0.4, 0.5) is 0 Å². The third-order valence-electron chi connectivity index (χ3n) is 4.30. The molecule has 4 nitrogen and oxygen atoms in total. The number of carbonyl (C=O) groups is 1.